The molecule has 0 aliphatic rings. The van der Waals surface area contributed by atoms with Crippen LogP contribution in [0.15, 0.2) is 66.7 Å². The Balaban J connectivity index is 1.80. The van der Waals surface area contributed by atoms with E-state index in [9.17, 15) is 4.39 Å². The first-order chi connectivity index (χ1) is 11.7. The minimum atomic E-state index is -0.376. The number of benzene rings is 3. The minimum Gasteiger partial charge on any atom is -0.497 e. The second-order valence-corrected chi connectivity index (χ2v) is 5.37. The Morgan fingerprint density at radius 3 is 2.25 bits per heavy atom. The van der Waals surface area contributed by atoms with E-state index in [4.69, 9.17) is 15.2 Å². The lowest BCUT2D eigenvalue weighted by Gasteiger charge is -2.11. The van der Waals surface area contributed by atoms with E-state index in [0.29, 0.717) is 34.9 Å². The standard InChI is InChI=1S/C20H18FNO2/c1-23-15-7-9-17(19(21)11-15)18-10-8-16(12-20(18)22)24-13-14-5-3-2-4-6-14/h2-12H,13,22H2,1H3. The van der Waals surface area contributed by atoms with Crippen LogP contribution < -0.4 is 15.2 Å². The van der Waals surface area contributed by atoms with Crippen molar-refractivity contribution in [3.05, 3.63) is 78.1 Å². The van der Waals surface area contributed by atoms with Crippen LogP contribution in [-0.2, 0) is 6.61 Å². The third-order valence-electron chi connectivity index (χ3n) is 3.74. The number of ether oxygens (including phenoxy) is 2. The second-order valence-electron chi connectivity index (χ2n) is 5.37. The number of methoxy groups -OCH3 is 1. The van der Waals surface area contributed by atoms with Gasteiger partial charge in [-0.2, -0.15) is 0 Å². The number of halogens is 1. The van der Waals surface area contributed by atoms with Crippen molar-refractivity contribution in [2.75, 3.05) is 12.8 Å². The molecule has 0 bridgehead atoms. The molecule has 2 N–H and O–H groups in total. The number of nitrogen functional groups attached to an aromatic ring is 1. The molecule has 0 fully saturated rings. The molecule has 3 aromatic rings. The third kappa shape index (κ3) is 3.49. The van der Waals surface area contributed by atoms with Gasteiger partial charge in [0.2, 0.25) is 0 Å². The third-order valence-corrected chi connectivity index (χ3v) is 3.74. The molecule has 3 nitrogen and oxygen atoms in total. The number of hydrogen-bond donors (Lipinski definition) is 1. The van der Waals surface area contributed by atoms with Crippen LogP contribution in [0.5, 0.6) is 11.5 Å². The monoisotopic (exact) mass is 323 g/mol. The maximum Gasteiger partial charge on any atom is 0.134 e. The first-order valence-electron chi connectivity index (χ1n) is 7.57. The van der Waals surface area contributed by atoms with E-state index in [2.05, 4.69) is 0 Å². The summed E-state index contributed by atoms with van der Waals surface area (Å²) in [6.45, 7) is 0.455. The molecule has 24 heavy (non-hydrogen) atoms. The van der Waals surface area contributed by atoms with Gasteiger partial charge >= 0.3 is 0 Å². The lowest BCUT2D eigenvalue weighted by molar-refractivity contribution is 0.306. The summed E-state index contributed by atoms with van der Waals surface area (Å²) in [4.78, 5) is 0. The quantitative estimate of drug-likeness (QED) is 0.694. The molecule has 3 rings (SSSR count). The van der Waals surface area contributed by atoms with Crippen molar-refractivity contribution >= 4 is 5.69 Å². The number of rotatable bonds is 5. The molecule has 0 amide bonds. The molecule has 3 aromatic carbocycles. The van der Waals surface area contributed by atoms with Crippen molar-refractivity contribution < 1.29 is 13.9 Å². The predicted octanol–water partition coefficient (Wildman–Crippen LogP) is 4.66. The van der Waals surface area contributed by atoms with Crippen molar-refractivity contribution in [1.29, 1.82) is 0 Å². The summed E-state index contributed by atoms with van der Waals surface area (Å²) in [5.41, 5.74) is 8.68. The first-order valence-corrected chi connectivity index (χ1v) is 7.57. The Labute approximate surface area is 140 Å². The van der Waals surface area contributed by atoms with Gasteiger partial charge in [-0.25, -0.2) is 4.39 Å². The zero-order valence-electron chi connectivity index (χ0n) is 13.3. The highest BCUT2D eigenvalue weighted by Crippen LogP contribution is 2.32. The fraction of sp³-hybridized carbons (Fsp3) is 0.100. The smallest absolute Gasteiger partial charge is 0.134 e. The van der Waals surface area contributed by atoms with E-state index < -0.39 is 0 Å². The van der Waals surface area contributed by atoms with E-state index in [1.54, 1.807) is 30.3 Å². The summed E-state index contributed by atoms with van der Waals surface area (Å²) >= 11 is 0. The van der Waals surface area contributed by atoms with Gasteiger partial charge in [-0.3, -0.25) is 0 Å². The van der Waals surface area contributed by atoms with Crippen molar-refractivity contribution in [3.63, 3.8) is 0 Å². The minimum absolute atomic E-state index is 0.376. The van der Waals surface area contributed by atoms with Crippen LogP contribution in [0.4, 0.5) is 10.1 Å². The molecule has 0 saturated heterocycles. The Hall–Kier alpha value is -3.01. The molecular weight excluding hydrogens is 305 g/mol. The van der Waals surface area contributed by atoms with Gasteiger partial charge in [-0.05, 0) is 29.8 Å². The van der Waals surface area contributed by atoms with E-state index >= 15 is 0 Å². The van der Waals surface area contributed by atoms with Gasteiger partial charge in [0.25, 0.3) is 0 Å². The Morgan fingerprint density at radius 1 is 0.875 bits per heavy atom. The zero-order chi connectivity index (χ0) is 16.9. The van der Waals surface area contributed by atoms with Crippen molar-refractivity contribution in [1.82, 2.24) is 0 Å². The summed E-state index contributed by atoms with van der Waals surface area (Å²) in [6, 6.07) is 19.8. The van der Waals surface area contributed by atoms with Gasteiger partial charge in [-0.1, -0.05) is 30.3 Å². The lowest BCUT2D eigenvalue weighted by Crippen LogP contribution is -1.98. The Morgan fingerprint density at radius 2 is 1.58 bits per heavy atom. The highest BCUT2D eigenvalue weighted by molar-refractivity contribution is 5.78. The van der Waals surface area contributed by atoms with E-state index in [1.165, 1.54) is 13.2 Å². The number of nitrogens with two attached hydrogens (primary N) is 1. The number of anilines is 1. The van der Waals surface area contributed by atoms with Gasteiger partial charge in [0, 0.05) is 28.9 Å². The average Bonchev–Trinajstić information content (AvgIpc) is 2.61. The molecule has 0 aliphatic heterocycles. The molecule has 0 saturated carbocycles. The maximum absolute atomic E-state index is 14.2. The van der Waals surface area contributed by atoms with Gasteiger partial charge in [0.05, 0.1) is 7.11 Å². The van der Waals surface area contributed by atoms with Gasteiger partial charge in [-0.15, -0.1) is 0 Å². The van der Waals surface area contributed by atoms with Crippen LogP contribution in [0.25, 0.3) is 11.1 Å². The summed E-state index contributed by atoms with van der Waals surface area (Å²) < 4.78 is 25.0. The van der Waals surface area contributed by atoms with E-state index in [0.717, 1.165) is 5.56 Å². The average molecular weight is 323 g/mol. The highest BCUT2D eigenvalue weighted by atomic mass is 19.1. The molecule has 0 aliphatic carbocycles. The fourth-order valence-electron chi connectivity index (χ4n) is 2.46. The van der Waals surface area contributed by atoms with Crippen molar-refractivity contribution in [3.8, 4) is 22.6 Å². The van der Waals surface area contributed by atoms with Crippen LogP contribution >= 0.6 is 0 Å². The topological polar surface area (TPSA) is 44.5 Å². The molecule has 4 heteroatoms. The summed E-state index contributed by atoms with van der Waals surface area (Å²) in [7, 11) is 1.50. The van der Waals surface area contributed by atoms with E-state index in [1.807, 2.05) is 30.3 Å². The van der Waals surface area contributed by atoms with Crippen LogP contribution in [-0.4, -0.2) is 7.11 Å². The largest absolute Gasteiger partial charge is 0.497 e. The highest BCUT2D eigenvalue weighted by Gasteiger charge is 2.10. The fourth-order valence-corrected chi connectivity index (χ4v) is 2.46. The second kappa shape index (κ2) is 7.04. The van der Waals surface area contributed by atoms with Crippen LogP contribution in [0, 0.1) is 5.82 Å². The van der Waals surface area contributed by atoms with Crippen LogP contribution in [0.3, 0.4) is 0 Å². The summed E-state index contributed by atoms with van der Waals surface area (Å²) in [6.07, 6.45) is 0. The molecule has 0 atom stereocenters. The lowest BCUT2D eigenvalue weighted by atomic mass is 10.0. The van der Waals surface area contributed by atoms with Crippen molar-refractivity contribution in [2.45, 2.75) is 6.61 Å². The normalized spacial score (nSPS) is 10.4. The number of hydrogen-bond acceptors (Lipinski definition) is 3. The summed E-state index contributed by atoms with van der Waals surface area (Å²) in [5.74, 6) is 0.741. The molecule has 0 heterocycles. The Kier molecular flexibility index (Phi) is 4.66. The molecule has 0 unspecified atom stereocenters. The molecule has 0 radical (unpaired) electrons. The maximum atomic E-state index is 14.2. The summed E-state index contributed by atoms with van der Waals surface area (Å²) in [5, 5.41) is 0. The van der Waals surface area contributed by atoms with Crippen LogP contribution in [0.2, 0.25) is 0 Å². The van der Waals surface area contributed by atoms with Gasteiger partial charge in [0.1, 0.15) is 23.9 Å². The molecular formula is C20H18FNO2. The van der Waals surface area contributed by atoms with Crippen LogP contribution in [0.1, 0.15) is 5.56 Å². The van der Waals surface area contributed by atoms with E-state index in [-0.39, 0.29) is 5.82 Å². The molecule has 0 aromatic heterocycles. The zero-order valence-corrected chi connectivity index (χ0v) is 13.3. The Bertz CT molecular complexity index is 834. The SMILES string of the molecule is COc1ccc(-c2ccc(OCc3ccccc3)cc2N)c(F)c1. The first kappa shape index (κ1) is 15.9. The van der Waals surface area contributed by atoms with Gasteiger partial charge < -0.3 is 15.2 Å². The van der Waals surface area contributed by atoms with Gasteiger partial charge in [0.15, 0.2) is 0 Å². The molecule has 122 valence electrons. The predicted molar refractivity (Wildman–Crippen MR) is 93.6 cm³/mol. The van der Waals surface area contributed by atoms with Crippen molar-refractivity contribution in [2.24, 2.45) is 0 Å². The molecule has 0 spiro atoms.